The minimum Gasteiger partial charge on any atom is -0.295 e. The van der Waals surface area contributed by atoms with Crippen molar-refractivity contribution in [1.82, 2.24) is 10.4 Å². The summed E-state index contributed by atoms with van der Waals surface area (Å²) in [5.41, 5.74) is 3.42. The third kappa shape index (κ3) is 3.21. The second-order valence-electron chi connectivity index (χ2n) is 5.00. The van der Waals surface area contributed by atoms with Crippen LogP contribution < -0.4 is 15.8 Å². The van der Waals surface area contributed by atoms with Gasteiger partial charge in [-0.3, -0.25) is 20.3 Å². The van der Waals surface area contributed by atoms with Gasteiger partial charge in [0, 0.05) is 11.1 Å². The molecule has 2 heterocycles. The van der Waals surface area contributed by atoms with Gasteiger partial charge in [0.2, 0.25) is 5.84 Å². The molecule has 1 unspecified atom stereocenters. The highest BCUT2D eigenvalue weighted by molar-refractivity contribution is 7.15. The van der Waals surface area contributed by atoms with E-state index >= 15 is 0 Å². The number of rotatable bonds is 3. The zero-order chi connectivity index (χ0) is 16.4. The van der Waals surface area contributed by atoms with Crippen LogP contribution in [0.5, 0.6) is 0 Å². The summed E-state index contributed by atoms with van der Waals surface area (Å²) in [4.78, 5) is 33.8. The van der Waals surface area contributed by atoms with Crippen LogP contribution in [-0.2, 0) is 9.59 Å². The lowest BCUT2D eigenvalue weighted by atomic mass is 10.2. The standard InChI is InChI=1S/C15H15N5O2S/c1-9-8-16-15(23-9)18-13(21)12-17-10(2)14(22)20(19-12)11-6-4-3-5-7-11/h3-8,10H,1-2H3,(H,17,19)(H,16,18,21). The number of carbonyl (C=O) groups excluding carboxylic acids is 2. The minimum atomic E-state index is -0.643. The largest absolute Gasteiger partial charge is 0.295 e. The van der Waals surface area contributed by atoms with Gasteiger partial charge in [0.25, 0.3) is 11.8 Å². The second-order valence-corrected chi connectivity index (χ2v) is 6.24. The van der Waals surface area contributed by atoms with Crippen molar-refractivity contribution in [3.63, 3.8) is 0 Å². The van der Waals surface area contributed by atoms with E-state index in [4.69, 9.17) is 0 Å². The number of thiazole rings is 1. The fourth-order valence-corrected chi connectivity index (χ4v) is 2.73. The lowest BCUT2D eigenvalue weighted by Crippen LogP contribution is -2.57. The molecule has 1 aromatic heterocycles. The molecule has 118 valence electrons. The van der Waals surface area contributed by atoms with Crippen LogP contribution in [0.3, 0.4) is 0 Å². The molecule has 23 heavy (non-hydrogen) atoms. The van der Waals surface area contributed by atoms with Gasteiger partial charge in [-0.1, -0.05) is 18.2 Å². The summed E-state index contributed by atoms with van der Waals surface area (Å²) < 4.78 is 0. The van der Waals surface area contributed by atoms with Crippen molar-refractivity contribution >= 4 is 39.8 Å². The van der Waals surface area contributed by atoms with E-state index in [1.165, 1.54) is 16.3 Å². The summed E-state index contributed by atoms with van der Waals surface area (Å²) in [6.45, 7) is 3.56. The topological polar surface area (TPSA) is 86.7 Å². The lowest BCUT2D eigenvalue weighted by Gasteiger charge is -2.30. The molecule has 0 radical (unpaired) electrons. The molecule has 2 aromatic rings. The van der Waals surface area contributed by atoms with Crippen LogP contribution in [0.1, 0.15) is 11.8 Å². The summed E-state index contributed by atoms with van der Waals surface area (Å²) >= 11 is 1.37. The Balaban J connectivity index is 1.81. The van der Waals surface area contributed by atoms with E-state index < -0.39 is 11.9 Å². The molecule has 2 N–H and O–H groups in total. The number of aryl methyl sites for hydroxylation is 1. The van der Waals surface area contributed by atoms with Crippen molar-refractivity contribution in [3.05, 3.63) is 41.4 Å². The maximum absolute atomic E-state index is 12.3. The van der Waals surface area contributed by atoms with Gasteiger partial charge < -0.3 is 0 Å². The van der Waals surface area contributed by atoms with Gasteiger partial charge in [0.05, 0.1) is 5.69 Å². The van der Waals surface area contributed by atoms with E-state index in [0.717, 1.165) is 4.88 Å². The average Bonchev–Trinajstić information content (AvgIpc) is 2.95. The van der Waals surface area contributed by atoms with Crippen molar-refractivity contribution in [2.24, 2.45) is 4.99 Å². The number of aliphatic imine (C=N–C) groups is 1. The van der Waals surface area contributed by atoms with E-state index in [-0.39, 0.29) is 11.7 Å². The molecule has 8 heteroatoms. The van der Waals surface area contributed by atoms with Gasteiger partial charge in [-0.25, -0.2) is 15.0 Å². The number of amides is 2. The Hall–Kier alpha value is -2.74. The van der Waals surface area contributed by atoms with Gasteiger partial charge in [-0.05, 0) is 26.0 Å². The number of carbonyl (C=O) groups is 2. The Morgan fingerprint density at radius 1 is 1.35 bits per heavy atom. The monoisotopic (exact) mass is 329 g/mol. The SMILES string of the molecule is Cc1cnc(NC(=O)C2=NC(C)C(=O)N(c3ccccc3)N2)s1. The molecule has 0 saturated carbocycles. The molecule has 0 spiro atoms. The molecule has 1 aromatic carbocycles. The van der Waals surface area contributed by atoms with Crippen molar-refractivity contribution in [1.29, 1.82) is 0 Å². The van der Waals surface area contributed by atoms with Gasteiger partial charge >= 0.3 is 0 Å². The van der Waals surface area contributed by atoms with E-state index in [1.807, 2.05) is 25.1 Å². The van der Waals surface area contributed by atoms with Crippen LogP contribution in [0.4, 0.5) is 10.8 Å². The number of amidine groups is 1. The predicted molar refractivity (Wildman–Crippen MR) is 89.4 cm³/mol. The van der Waals surface area contributed by atoms with Crippen molar-refractivity contribution < 1.29 is 9.59 Å². The van der Waals surface area contributed by atoms with Gasteiger partial charge in [-0.15, -0.1) is 11.3 Å². The zero-order valence-electron chi connectivity index (χ0n) is 12.6. The smallest absolute Gasteiger partial charge is 0.294 e. The molecular weight excluding hydrogens is 314 g/mol. The van der Waals surface area contributed by atoms with Crippen LogP contribution in [0.15, 0.2) is 41.5 Å². The maximum atomic E-state index is 12.3. The van der Waals surface area contributed by atoms with E-state index in [1.54, 1.807) is 25.3 Å². The van der Waals surface area contributed by atoms with Crippen LogP contribution in [0.25, 0.3) is 0 Å². The van der Waals surface area contributed by atoms with E-state index in [0.29, 0.717) is 10.8 Å². The second kappa shape index (κ2) is 6.17. The summed E-state index contributed by atoms with van der Waals surface area (Å²) in [5, 5.41) is 4.50. The summed E-state index contributed by atoms with van der Waals surface area (Å²) in [5.74, 6) is -0.578. The van der Waals surface area contributed by atoms with Crippen LogP contribution >= 0.6 is 11.3 Å². The summed E-state index contributed by atoms with van der Waals surface area (Å²) in [6, 6.07) is 8.41. The molecule has 2 amide bonds. The number of hydrogen-bond donors (Lipinski definition) is 2. The molecule has 0 aliphatic carbocycles. The van der Waals surface area contributed by atoms with Crippen LogP contribution in [0.2, 0.25) is 0 Å². The average molecular weight is 329 g/mol. The normalized spacial score (nSPS) is 17.5. The number of anilines is 2. The van der Waals surface area contributed by atoms with Crippen LogP contribution in [-0.4, -0.2) is 28.7 Å². The Morgan fingerprint density at radius 3 is 2.74 bits per heavy atom. The first-order valence-electron chi connectivity index (χ1n) is 7.02. The first kappa shape index (κ1) is 15.2. The van der Waals surface area contributed by atoms with Crippen molar-refractivity contribution in [2.75, 3.05) is 10.3 Å². The van der Waals surface area contributed by atoms with Crippen LogP contribution in [0, 0.1) is 6.92 Å². The maximum Gasteiger partial charge on any atom is 0.294 e. The van der Waals surface area contributed by atoms with Crippen molar-refractivity contribution in [3.8, 4) is 0 Å². The Kier molecular flexibility index (Phi) is 4.07. The molecule has 1 aliphatic heterocycles. The number of para-hydroxylation sites is 1. The highest BCUT2D eigenvalue weighted by atomic mass is 32.1. The third-order valence-corrected chi connectivity index (χ3v) is 4.02. The van der Waals surface area contributed by atoms with Gasteiger partial charge in [-0.2, -0.15) is 0 Å². The number of aromatic nitrogens is 1. The Morgan fingerprint density at radius 2 is 2.09 bits per heavy atom. The zero-order valence-corrected chi connectivity index (χ0v) is 13.4. The number of hydrazine groups is 1. The lowest BCUT2D eigenvalue weighted by molar-refractivity contribution is -0.120. The quantitative estimate of drug-likeness (QED) is 0.898. The highest BCUT2D eigenvalue weighted by Crippen LogP contribution is 2.18. The van der Waals surface area contributed by atoms with Gasteiger partial charge in [0.15, 0.2) is 5.13 Å². The fourth-order valence-electron chi connectivity index (χ4n) is 2.07. The minimum absolute atomic E-state index is 0.0776. The number of nitrogens with one attached hydrogen (secondary N) is 2. The highest BCUT2D eigenvalue weighted by Gasteiger charge is 2.30. The van der Waals surface area contributed by atoms with E-state index in [9.17, 15) is 9.59 Å². The first-order valence-corrected chi connectivity index (χ1v) is 7.83. The molecule has 1 atom stereocenters. The number of nitrogens with zero attached hydrogens (tertiary/aromatic N) is 3. The van der Waals surface area contributed by atoms with Gasteiger partial charge in [0.1, 0.15) is 6.04 Å². The predicted octanol–water partition coefficient (Wildman–Crippen LogP) is 1.73. The molecular formula is C15H15N5O2S. The molecule has 7 nitrogen and oxygen atoms in total. The first-order chi connectivity index (χ1) is 11.0. The third-order valence-electron chi connectivity index (χ3n) is 3.19. The van der Waals surface area contributed by atoms with Crippen molar-refractivity contribution in [2.45, 2.75) is 19.9 Å². The number of benzene rings is 1. The summed E-state index contributed by atoms with van der Waals surface area (Å²) in [7, 11) is 0. The Bertz CT molecular complexity index is 771. The van der Waals surface area contributed by atoms with E-state index in [2.05, 4.69) is 20.7 Å². The number of hydrogen-bond acceptors (Lipinski definition) is 6. The molecule has 1 aliphatic rings. The molecule has 0 bridgehead atoms. The Labute approximate surface area is 137 Å². The summed E-state index contributed by atoms with van der Waals surface area (Å²) in [6.07, 6.45) is 1.68. The molecule has 0 fully saturated rings. The molecule has 3 rings (SSSR count). The fraction of sp³-hybridized carbons (Fsp3) is 0.200. The molecule has 0 saturated heterocycles.